The number of fused-ring (bicyclic) bond motifs is 1. The maximum atomic E-state index is 6.10. The molecule has 0 amide bonds. The van der Waals surface area contributed by atoms with Crippen LogP contribution in [0.3, 0.4) is 0 Å². The van der Waals surface area contributed by atoms with Gasteiger partial charge in [0, 0.05) is 12.4 Å². The van der Waals surface area contributed by atoms with Crippen molar-refractivity contribution < 1.29 is 9.47 Å². The number of ether oxygens (including phenoxy) is 2. The molecule has 1 heterocycles. The van der Waals surface area contributed by atoms with Crippen molar-refractivity contribution in [3.05, 3.63) is 53.3 Å². The third kappa shape index (κ3) is 3.87. The van der Waals surface area contributed by atoms with Crippen LogP contribution in [-0.2, 0) is 13.0 Å². The van der Waals surface area contributed by atoms with Crippen molar-refractivity contribution in [3.8, 4) is 11.5 Å². The van der Waals surface area contributed by atoms with Crippen molar-refractivity contribution >= 4 is 0 Å². The van der Waals surface area contributed by atoms with Gasteiger partial charge in [-0.25, -0.2) is 0 Å². The summed E-state index contributed by atoms with van der Waals surface area (Å²) < 4.78 is 11.8. The van der Waals surface area contributed by atoms with E-state index in [0.717, 1.165) is 29.4 Å². The zero-order valence-electron chi connectivity index (χ0n) is 16.7. The molecule has 2 atom stereocenters. The highest BCUT2D eigenvalue weighted by Crippen LogP contribution is 2.50. The lowest BCUT2D eigenvalue weighted by Crippen LogP contribution is -2.30. The average molecular weight is 354 g/mol. The fourth-order valence-electron chi connectivity index (χ4n) is 4.41. The van der Waals surface area contributed by atoms with Gasteiger partial charge in [-0.05, 0) is 71.0 Å². The first kappa shape index (κ1) is 18.8. The number of aromatic nitrogens is 1. The van der Waals surface area contributed by atoms with Crippen molar-refractivity contribution in [1.82, 2.24) is 4.98 Å². The Morgan fingerprint density at radius 3 is 2.46 bits per heavy atom. The van der Waals surface area contributed by atoms with E-state index in [4.69, 9.17) is 9.47 Å². The summed E-state index contributed by atoms with van der Waals surface area (Å²) in [6.45, 7) is 9.91. The quantitative estimate of drug-likeness (QED) is 0.683. The molecule has 0 N–H and O–H groups in total. The van der Waals surface area contributed by atoms with E-state index in [9.17, 15) is 0 Å². The third-order valence-electron chi connectivity index (χ3n) is 5.62. The number of benzene rings is 1. The van der Waals surface area contributed by atoms with Gasteiger partial charge in [0.15, 0.2) is 11.5 Å². The van der Waals surface area contributed by atoms with E-state index < -0.39 is 0 Å². The Bertz CT molecular complexity index is 734. The van der Waals surface area contributed by atoms with Crippen LogP contribution in [0.5, 0.6) is 11.5 Å². The van der Waals surface area contributed by atoms with Gasteiger partial charge in [-0.15, -0.1) is 0 Å². The molecule has 0 aliphatic heterocycles. The summed E-state index contributed by atoms with van der Waals surface area (Å²) in [7, 11) is 1.73. The number of hydrogen-bond donors (Lipinski definition) is 0. The van der Waals surface area contributed by atoms with E-state index in [-0.39, 0.29) is 5.41 Å². The topological polar surface area (TPSA) is 31.4 Å². The number of pyridine rings is 1. The minimum atomic E-state index is 0.236. The van der Waals surface area contributed by atoms with Crippen LogP contribution in [-0.4, -0.2) is 12.1 Å². The maximum absolute atomic E-state index is 6.10. The predicted molar refractivity (Wildman–Crippen MR) is 106 cm³/mol. The Morgan fingerprint density at radius 2 is 1.85 bits per heavy atom. The largest absolute Gasteiger partial charge is 0.493 e. The van der Waals surface area contributed by atoms with Gasteiger partial charge < -0.3 is 9.47 Å². The van der Waals surface area contributed by atoms with Crippen LogP contribution in [0.25, 0.3) is 0 Å². The second-order valence-electron chi connectivity index (χ2n) is 8.40. The summed E-state index contributed by atoms with van der Waals surface area (Å²) in [5.74, 6) is 2.96. The Hall–Kier alpha value is -2.03. The smallest absolute Gasteiger partial charge is 0.161 e. The minimum absolute atomic E-state index is 0.236. The second-order valence-corrected chi connectivity index (χ2v) is 8.40. The lowest BCUT2D eigenvalue weighted by Gasteiger charge is -2.42. The summed E-state index contributed by atoms with van der Waals surface area (Å²) in [4.78, 5) is 4.06. The Morgan fingerprint density at radius 1 is 1.12 bits per heavy atom. The van der Waals surface area contributed by atoms with Gasteiger partial charge in [-0.3, -0.25) is 4.98 Å². The molecule has 3 nitrogen and oxygen atoms in total. The summed E-state index contributed by atoms with van der Waals surface area (Å²) in [6, 6.07) is 8.40. The fourth-order valence-corrected chi connectivity index (χ4v) is 4.41. The zero-order valence-corrected chi connectivity index (χ0v) is 16.7. The number of nitrogens with zero attached hydrogens (tertiary/aromatic N) is 1. The van der Waals surface area contributed by atoms with Crippen LogP contribution in [0.4, 0.5) is 0 Å². The second kappa shape index (κ2) is 7.69. The number of methoxy groups -OCH3 is 1. The Labute approximate surface area is 157 Å². The van der Waals surface area contributed by atoms with Crippen molar-refractivity contribution in [1.29, 1.82) is 0 Å². The molecule has 0 fully saturated rings. The summed E-state index contributed by atoms with van der Waals surface area (Å²) in [5, 5.41) is 0. The van der Waals surface area contributed by atoms with E-state index in [1.165, 1.54) is 24.0 Å². The fraction of sp³-hybridized carbons (Fsp3) is 0.522. The highest BCUT2D eigenvalue weighted by atomic mass is 16.5. The molecule has 1 aromatic carbocycles. The van der Waals surface area contributed by atoms with Crippen LogP contribution in [0.1, 0.15) is 63.1 Å². The SMILES string of the molecule is CCC1CCc2cc(OCc3ccncc3)c(OC)cc2C1C(C)(C)C. The molecular formula is C23H31NO2. The Kier molecular flexibility index (Phi) is 5.55. The molecule has 0 spiro atoms. The number of rotatable bonds is 5. The molecule has 0 bridgehead atoms. The molecule has 140 valence electrons. The zero-order chi connectivity index (χ0) is 18.7. The third-order valence-corrected chi connectivity index (χ3v) is 5.62. The molecule has 3 rings (SSSR count). The van der Waals surface area contributed by atoms with E-state index >= 15 is 0 Å². The van der Waals surface area contributed by atoms with Crippen molar-refractivity contribution in [3.63, 3.8) is 0 Å². The molecule has 0 saturated heterocycles. The minimum Gasteiger partial charge on any atom is -0.493 e. The van der Waals surface area contributed by atoms with Crippen LogP contribution < -0.4 is 9.47 Å². The van der Waals surface area contributed by atoms with Crippen LogP contribution in [0.2, 0.25) is 0 Å². The van der Waals surface area contributed by atoms with Gasteiger partial charge in [0.2, 0.25) is 0 Å². The molecular weight excluding hydrogens is 322 g/mol. The first-order chi connectivity index (χ1) is 12.4. The van der Waals surface area contributed by atoms with E-state index in [1.807, 2.05) is 12.1 Å². The van der Waals surface area contributed by atoms with Crippen LogP contribution in [0, 0.1) is 11.3 Å². The molecule has 3 heteroatoms. The summed E-state index contributed by atoms with van der Waals surface area (Å²) >= 11 is 0. The molecule has 0 saturated carbocycles. The molecule has 1 aliphatic rings. The van der Waals surface area contributed by atoms with Crippen molar-refractivity contribution in [2.45, 2.75) is 59.5 Å². The molecule has 2 unspecified atom stereocenters. The average Bonchev–Trinajstić information content (AvgIpc) is 2.64. The van der Waals surface area contributed by atoms with Gasteiger partial charge in [0.25, 0.3) is 0 Å². The van der Waals surface area contributed by atoms with Crippen LogP contribution in [0.15, 0.2) is 36.7 Å². The summed E-state index contributed by atoms with van der Waals surface area (Å²) in [6.07, 6.45) is 7.19. The van der Waals surface area contributed by atoms with Gasteiger partial charge in [-0.1, -0.05) is 34.1 Å². The van der Waals surface area contributed by atoms with Crippen LogP contribution >= 0.6 is 0 Å². The molecule has 2 aromatic rings. The monoisotopic (exact) mass is 353 g/mol. The molecule has 1 aromatic heterocycles. The number of aryl methyl sites for hydroxylation is 1. The molecule has 26 heavy (non-hydrogen) atoms. The lowest BCUT2D eigenvalue weighted by molar-refractivity contribution is 0.205. The standard InChI is InChI=1S/C23H31NO2/c1-6-17-7-8-18-13-21(26-15-16-9-11-24-12-10-16)20(25-5)14-19(18)22(17)23(2,3)4/h9-14,17,22H,6-8,15H2,1-5H3. The van der Waals surface area contributed by atoms with Gasteiger partial charge >= 0.3 is 0 Å². The highest BCUT2D eigenvalue weighted by Gasteiger charge is 2.37. The Balaban J connectivity index is 1.93. The van der Waals surface area contributed by atoms with Crippen molar-refractivity contribution in [2.75, 3.05) is 7.11 Å². The van der Waals surface area contributed by atoms with Gasteiger partial charge in [0.05, 0.1) is 7.11 Å². The predicted octanol–water partition coefficient (Wildman–Crippen LogP) is 5.77. The normalized spacial score (nSPS) is 19.7. The van der Waals surface area contributed by atoms with Gasteiger partial charge in [0.1, 0.15) is 6.61 Å². The summed E-state index contributed by atoms with van der Waals surface area (Å²) in [5.41, 5.74) is 4.21. The first-order valence-electron chi connectivity index (χ1n) is 9.66. The van der Waals surface area contributed by atoms with E-state index in [1.54, 1.807) is 19.5 Å². The van der Waals surface area contributed by atoms with E-state index in [0.29, 0.717) is 12.5 Å². The first-order valence-corrected chi connectivity index (χ1v) is 9.66. The van der Waals surface area contributed by atoms with Gasteiger partial charge in [-0.2, -0.15) is 0 Å². The lowest BCUT2D eigenvalue weighted by atomic mass is 9.63. The molecule has 0 radical (unpaired) electrons. The number of hydrogen-bond acceptors (Lipinski definition) is 3. The molecule has 1 aliphatic carbocycles. The van der Waals surface area contributed by atoms with E-state index in [2.05, 4.69) is 44.8 Å². The van der Waals surface area contributed by atoms with Crippen molar-refractivity contribution in [2.24, 2.45) is 11.3 Å². The maximum Gasteiger partial charge on any atom is 0.161 e. The highest BCUT2D eigenvalue weighted by molar-refractivity contribution is 5.50.